The molecule has 4 aromatic rings. The molecular formula is C41H41N3O10S. The number of aliphatic hydroxyl groups is 1. The number of thioether (sulfide) groups is 1. The third kappa shape index (κ3) is 4.08. The summed E-state index contributed by atoms with van der Waals surface area (Å²) in [4.78, 5) is 32.1. The van der Waals surface area contributed by atoms with Crippen molar-refractivity contribution in [2.24, 2.45) is 0 Å². The first-order valence-electron chi connectivity index (χ1n) is 18.8. The van der Waals surface area contributed by atoms with E-state index in [-0.39, 0.29) is 30.9 Å². The average molecular weight is 768 g/mol. The lowest BCUT2D eigenvalue weighted by atomic mass is 9.72. The van der Waals surface area contributed by atoms with Gasteiger partial charge >= 0.3 is 11.9 Å². The van der Waals surface area contributed by atoms with E-state index in [2.05, 4.69) is 28.1 Å². The molecule has 0 amide bonds. The van der Waals surface area contributed by atoms with Crippen LogP contribution in [0.4, 0.5) is 0 Å². The number of phenolic OH excluding ortho intramolecular Hbond substituents is 1. The van der Waals surface area contributed by atoms with Crippen LogP contribution in [0, 0.1) is 13.8 Å². The van der Waals surface area contributed by atoms with Crippen molar-refractivity contribution in [1.29, 1.82) is 0 Å². The van der Waals surface area contributed by atoms with Crippen LogP contribution in [-0.2, 0) is 31.8 Å². The number of furan rings is 1. The Balaban J connectivity index is 1.18. The van der Waals surface area contributed by atoms with Crippen LogP contribution in [0.1, 0.15) is 82.3 Å². The molecule has 3 N–H and O–H groups in total. The summed E-state index contributed by atoms with van der Waals surface area (Å²) < 4.78 is 37.2. The number of nitrogens with zero attached hydrogens (tertiary/aromatic N) is 2. The number of hydrogen-bond donors (Lipinski definition) is 3. The van der Waals surface area contributed by atoms with Gasteiger partial charge in [0, 0.05) is 64.0 Å². The Labute approximate surface area is 320 Å². The molecule has 286 valence electrons. The van der Waals surface area contributed by atoms with Crippen LogP contribution in [-0.4, -0.2) is 83.1 Å². The second-order valence-corrected chi connectivity index (χ2v) is 17.2. The Morgan fingerprint density at radius 1 is 1.09 bits per heavy atom. The summed E-state index contributed by atoms with van der Waals surface area (Å²) in [6.07, 6.45) is 0.348. The third-order valence-corrected chi connectivity index (χ3v) is 14.9. The van der Waals surface area contributed by atoms with E-state index in [1.54, 1.807) is 7.11 Å². The molecule has 0 radical (unpaired) electrons. The van der Waals surface area contributed by atoms with E-state index in [0.717, 1.165) is 33.2 Å². The fourth-order valence-corrected chi connectivity index (χ4v) is 12.9. The first-order chi connectivity index (χ1) is 26.5. The zero-order chi connectivity index (χ0) is 37.9. The number of nitrogens with one attached hydrogen (secondary N) is 1. The minimum absolute atomic E-state index is 0.0396. The Hall–Kier alpha value is -4.47. The molecule has 8 aliphatic rings. The highest BCUT2D eigenvalue weighted by atomic mass is 32.2. The maximum atomic E-state index is 14.8. The first-order valence-corrected chi connectivity index (χ1v) is 19.9. The molecule has 0 saturated carbocycles. The molecule has 3 fully saturated rings. The van der Waals surface area contributed by atoms with Crippen LogP contribution in [0.15, 0.2) is 34.7 Å². The number of aryl methyl sites for hydroxylation is 1. The number of rotatable bonds is 2. The van der Waals surface area contributed by atoms with Gasteiger partial charge in [0.25, 0.3) is 0 Å². The summed E-state index contributed by atoms with van der Waals surface area (Å²) in [5.74, 6) is 1.55. The molecule has 8 aliphatic heterocycles. The molecule has 8 atom stereocenters. The molecule has 1 spiro atoms. The minimum Gasteiger partial charge on any atom is -0.504 e. The standard InChI is InChI=1S/C41H41N3O10S/c1-17-12-22-26(31(46)32(17)49-5)29-30-36-28-27(35-34(51-16-52-35)18(2)33(28)53-19(3)45)24(43(30)38(47)23-13-40(22,4)44(23)29)14-50-39(48)41(15-55-36)37-21(10-11-42-41)20-8-6-7-9-25(20)54-37/h6-9,12,23-24,29-30,36,38,42,46-47H,10-11,13-16H2,1-5H3/t23-,24+,29-,30?,36-,38+,40-,41-/m1/s1. The average Bonchev–Trinajstić information content (AvgIpc) is 3.85. The van der Waals surface area contributed by atoms with Crippen molar-refractivity contribution in [2.75, 3.05) is 32.8 Å². The van der Waals surface area contributed by atoms with E-state index in [1.165, 1.54) is 18.7 Å². The third-order valence-electron chi connectivity index (χ3n) is 13.4. The maximum Gasteiger partial charge on any atom is 0.335 e. The lowest BCUT2D eigenvalue weighted by molar-refractivity contribution is -0.249. The van der Waals surface area contributed by atoms with E-state index < -0.39 is 52.6 Å². The van der Waals surface area contributed by atoms with Crippen LogP contribution < -0.4 is 24.3 Å². The number of aliphatic hydroxyl groups excluding tert-OH is 1. The number of piperazine rings is 1. The van der Waals surface area contributed by atoms with Gasteiger partial charge < -0.3 is 38.3 Å². The number of carbonyl (C=O) groups is 2. The van der Waals surface area contributed by atoms with Crippen molar-refractivity contribution in [3.8, 4) is 28.7 Å². The fraction of sp³-hybridized carbons (Fsp3) is 0.463. The number of phenols is 1. The van der Waals surface area contributed by atoms with Crippen molar-refractivity contribution < 1.29 is 47.9 Å². The summed E-state index contributed by atoms with van der Waals surface area (Å²) in [6, 6.07) is 7.95. The lowest BCUT2D eigenvalue weighted by Gasteiger charge is -2.67. The maximum absolute atomic E-state index is 14.8. The topological polar surface area (TPSA) is 152 Å². The van der Waals surface area contributed by atoms with Crippen LogP contribution in [0.5, 0.6) is 28.7 Å². The predicted molar refractivity (Wildman–Crippen MR) is 198 cm³/mol. The number of ether oxygens (including phenoxy) is 5. The van der Waals surface area contributed by atoms with Gasteiger partial charge in [-0.2, -0.15) is 0 Å². The van der Waals surface area contributed by atoms with Crippen molar-refractivity contribution >= 4 is 34.7 Å². The molecule has 55 heavy (non-hydrogen) atoms. The quantitative estimate of drug-likeness (QED) is 0.188. The van der Waals surface area contributed by atoms with E-state index in [9.17, 15) is 19.8 Å². The van der Waals surface area contributed by atoms with Crippen LogP contribution in [0.2, 0.25) is 0 Å². The van der Waals surface area contributed by atoms with Gasteiger partial charge in [0.1, 0.15) is 29.9 Å². The summed E-state index contributed by atoms with van der Waals surface area (Å²) in [5.41, 5.74) is 4.46. The number of para-hydroxylation sites is 1. The normalized spacial score (nSPS) is 32.6. The Bertz CT molecular complexity index is 2400. The molecule has 3 aromatic carbocycles. The number of benzene rings is 3. The summed E-state index contributed by atoms with van der Waals surface area (Å²) in [5, 5.41) is 28.7. The molecule has 1 aromatic heterocycles. The minimum atomic E-state index is -1.34. The van der Waals surface area contributed by atoms with Gasteiger partial charge in [0.2, 0.25) is 6.79 Å². The first kappa shape index (κ1) is 33.8. The number of fused-ring (bicyclic) bond motifs is 10. The summed E-state index contributed by atoms with van der Waals surface area (Å²) in [6.45, 7) is 7.67. The zero-order valence-corrected chi connectivity index (χ0v) is 31.9. The summed E-state index contributed by atoms with van der Waals surface area (Å²) >= 11 is 1.52. The van der Waals surface area contributed by atoms with Gasteiger partial charge in [0.05, 0.1) is 30.5 Å². The molecule has 9 heterocycles. The van der Waals surface area contributed by atoms with Gasteiger partial charge in [-0.15, -0.1) is 11.8 Å². The smallest absolute Gasteiger partial charge is 0.335 e. The van der Waals surface area contributed by atoms with E-state index in [1.807, 2.05) is 38.1 Å². The Morgan fingerprint density at radius 2 is 1.89 bits per heavy atom. The van der Waals surface area contributed by atoms with Crippen molar-refractivity contribution in [3.05, 3.63) is 75.0 Å². The van der Waals surface area contributed by atoms with Gasteiger partial charge in [-0.05, 0) is 56.9 Å². The molecule has 3 saturated heterocycles. The lowest BCUT2D eigenvalue weighted by Crippen LogP contribution is -2.75. The van der Waals surface area contributed by atoms with Gasteiger partial charge in [-0.25, -0.2) is 4.79 Å². The van der Waals surface area contributed by atoms with Crippen molar-refractivity contribution in [1.82, 2.24) is 15.1 Å². The number of methoxy groups -OCH3 is 1. The van der Waals surface area contributed by atoms with Crippen molar-refractivity contribution in [2.45, 2.75) is 87.3 Å². The van der Waals surface area contributed by atoms with E-state index in [0.29, 0.717) is 64.9 Å². The highest BCUT2D eigenvalue weighted by molar-refractivity contribution is 7.99. The molecule has 0 aliphatic carbocycles. The number of aromatic hydroxyl groups is 1. The highest BCUT2D eigenvalue weighted by Gasteiger charge is 2.71. The Morgan fingerprint density at radius 3 is 2.69 bits per heavy atom. The molecule has 12 rings (SSSR count). The largest absolute Gasteiger partial charge is 0.504 e. The molecular weight excluding hydrogens is 727 g/mol. The zero-order valence-electron chi connectivity index (χ0n) is 31.1. The van der Waals surface area contributed by atoms with Gasteiger partial charge in [-0.1, -0.05) is 18.2 Å². The molecule has 14 heteroatoms. The molecule has 1 unspecified atom stereocenters. The number of hydrogen-bond acceptors (Lipinski definition) is 14. The van der Waals surface area contributed by atoms with Crippen LogP contribution in [0.25, 0.3) is 11.0 Å². The van der Waals surface area contributed by atoms with Gasteiger partial charge in [-0.3, -0.25) is 19.9 Å². The SMILES string of the molecule is COc1c(C)cc2c(c1O)[C@@H]1C3[C@@H]4SC[C@]5(NCCc6c5oc5ccccc65)C(=O)OC[C@@H](c5c6c(c(C)c(OC(C)=O)c54)OCO6)N3[C@@H](O)[C@H]3C[C@@]2(C)N13. The molecule has 13 nitrogen and oxygen atoms in total. The second kappa shape index (κ2) is 11.3. The number of carbonyl (C=O) groups excluding carboxylic acids is 2. The fourth-order valence-electron chi connectivity index (χ4n) is 11.3. The predicted octanol–water partition coefficient (Wildman–Crippen LogP) is 4.89. The Kier molecular flexibility index (Phi) is 6.96. The molecule has 2 bridgehead atoms. The van der Waals surface area contributed by atoms with Gasteiger partial charge in [0.15, 0.2) is 28.5 Å². The van der Waals surface area contributed by atoms with E-state index in [4.69, 9.17) is 28.1 Å². The van der Waals surface area contributed by atoms with E-state index >= 15 is 0 Å². The van der Waals surface area contributed by atoms with Crippen molar-refractivity contribution in [3.63, 3.8) is 0 Å². The monoisotopic (exact) mass is 767 g/mol. The number of esters is 2. The highest BCUT2D eigenvalue weighted by Crippen LogP contribution is 2.70. The summed E-state index contributed by atoms with van der Waals surface area (Å²) in [7, 11) is 1.56. The van der Waals surface area contributed by atoms with Crippen LogP contribution >= 0.6 is 11.8 Å². The van der Waals surface area contributed by atoms with Crippen LogP contribution in [0.3, 0.4) is 0 Å². The second-order valence-electron chi connectivity index (χ2n) is 16.1.